The zero-order valence-corrected chi connectivity index (χ0v) is 12.2. The summed E-state index contributed by atoms with van der Waals surface area (Å²) in [5, 5.41) is 0. The second-order valence-electron chi connectivity index (χ2n) is 3.89. The monoisotopic (exact) mass is 301 g/mol. The summed E-state index contributed by atoms with van der Waals surface area (Å²) in [5.41, 5.74) is 7.44. The maximum Gasteiger partial charge on any atom is 0.0207 e. The summed E-state index contributed by atoms with van der Waals surface area (Å²) in [4.78, 5) is 0. The fourth-order valence-electron chi connectivity index (χ4n) is 1.64. The van der Waals surface area contributed by atoms with Gasteiger partial charge < -0.3 is 5.73 Å². The molecule has 0 heterocycles. The molecule has 0 aliphatic heterocycles. The van der Waals surface area contributed by atoms with E-state index in [0.717, 1.165) is 12.8 Å². The van der Waals surface area contributed by atoms with Crippen molar-refractivity contribution in [2.75, 3.05) is 11.5 Å². The molecule has 0 bridgehead atoms. The van der Waals surface area contributed by atoms with Crippen LogP contribution in [0.25, 0.3) is 0 Å². The molecular formula is C13H20BrNS. The number of hydrogen-bond donors (Lipinski definition) is 1. The number of halogens is 1. The summed E-state index contributed by atoms with van der Waals surface area (Å²) < 4.78 is 1.17. The maximum atomic E-state index is 6.13. The van der Waals surface area contributed by atoms with Crippen LogP contribution in [0.2, 0.25) is 0 Å². The van der Waals surface area contributed by atoms with Crippen molar-refractivity contribution in [2.45, 2.75) is 32.2 Å². The number of nitrogens with two attached hydrogens (primary N) is 1. The SMILES string of the molecule is CCSCCCC(N)Cc1ccccc1Br. The number of hydrogen-bond acceptors (Lipinski definition) is 2. The van der Waals surface area contributed by atoms with Gasteiger partial charge in [0.15, 0.2) is 0 Å². The standard InChI is InChI=1S/C13H20BrNS/c1-2-16-9-5-7-12(15)10-11-6-3-4-8-13(11)14/h3-4,6,8,12H,2,5,7,9-10,15H2,1H3. The predicted molar refractivity (Wildman–Crippen MR) is 78.1 cm³/mol. The summed E-state index contributed by atoms with van der Waals surface area (Å²) in [7, 11) is 0. The molecule has 0 radical (unpaired) electrons. The van der Waals surface area contributed by atoms with E-state index in [4.69, 9.17) is 5.73 Å². The van der Waals surface area contributed by atoms with E-state index >= 15 is 0 Å². The lowest BCUT2D eigenvalue weighted by Crippen LogP contribution is -2.23. The van der Waals surface area contributed by atoms with Gasteiger partial charge in [-0.25, -0.2) is 0 Å². The molecule has 1 aromatic carbocycles. The highest BCUT2D eigenvalue weighted by Crippen LogP contribution is 2.18. The molecule has 1 rings (SSSR count). The normalized spacial score (nSPS) is 12.7. The summed E-state index contributed by atoms with van der Waals surface area (Å²) in [6.07, 6.45) is 3.32. The van der Waals surface area contributed by atoms with Crippen molar-refractivity contribution in [3.05, 3.63) is 34.3 Å². The zero-order chi connectivity index (χ0) is 11.8. The lowest BCUT2D eigenvalue weighted by Gasteiger charge is -2.12. The molecule has 0 amide bonds. The maximum absolute atomic E-state index is 6.13. The zero-order valence-electron chi connectivity index (χ0n) is 9.79. The van der Waals surface area contributed by atoms with Crippen LogP contribution in [-0.4, -0.2) is 17.5 Å². The average Bonchev–Trinajstić information content (AvgIpc) is 2.28. The van der Waals surface area contributed by atoms with Gasteiger partial charge in [0, 0.05) is 10.5 Å². The van der Waals surface area contributed by atoms with Crippen LogP contribution < -0.4 is 5.73 Å². The molecule has 16 heavy (non-hydrogen) atoms. The Hall–Kier alpha value is 0.01000. The molecule has 0 aliphatic rings. The Labute approximate surface area is 111 Å². The largest absolute Gasteiger partial charge is 0.327 e. The Morgan fingerprint density at radius 1 is 1.38 bits per heavy atom. The molecule has 90 valence electrons. The van der Waals surface area contributed by atoms with Gasteiger partial charge in [0.1, 0.15) is 0 Å². The number of benzene rings is 1. The van der Waals surface area contributed by atoms with Gasteiger partial charge in [-0.15, -0.1) is 0 Å². The van der Waals surface area contributed by atoms with Crippen molar-refractivity contribution >= 4 is 27.7 Å². The quantitative estimate of drug-likeness (QED) is 0.774. The first-order chi connectivity index (χ1) is 7.74. The molecule has 0 saturated carbocycles. The molecule has 2 N–H and O–H groups in total. The van der Waals surface area contributed by atoms with Crippen LogP contribution in [0.4, 0.5) is 0 Å². The molecule has 1 atom stereocenters. The molecule has 1 unspecified atom stereocenters. The lowest BCUT2D eigenvalue weighted by atomic mass is 10.0. The van der Waals surface area contributed by atoms with Crippen molar-refractivity contribution in [3.8, 4) is 0 Å². The minimum Gasteiger partial charge on any atom is -0.327 e. The van der Waals surface area contributed by atoms with Crippen LogP contribution in [0, 0.1) is 0 Å². The van der Waals surface area contributed by atoms with E-state index in [2.05, 4.69) is 41.1 Å². The highest BCUT2D eigenvalue weighted by molar-refractivity contribution is 9.10. The molecule has 0 aromatic heterocycles. The average molecular weight is 302 g/mol. The van der Waals surface area contributed by atoms with Gasteiger partial charge in [-0.3, -0.25) is 0 Å². The van der Waals surface area contributed by atoms with Crippen LogP contribution in [0.15, 0.2) is 28.7 Å². The van der Waals surface area contributed by atoms with Gasteiger partial charge in [0.25, 0.3) is 0 Å². The van der Waals surface area contributed by atoms with Gasteiger partial charge in [-0.2, -0.15) is 11.8 Å². The van der Waals surface area contributed by atoms with E-state index in [1.54, 1.807) is 0 Å². The smallest absolute Gasteiger partial charge is 0.0207 e. The second kappa shape index (κ2) is 8.15. The molecule has 0 saturated heterocycles. The van der Waals surface area contributed by atoms with Crippen LogP contribution >= 0.6 is 27.7 Å². The Morgan fingerprint density at radius 3 is 2.81 bits per heavy atom. The van der Waals surface area contributed by atoms with Crippen LogP contribution in [-0.2, 0) is 6.42 Å². The van der Waals surface area contributed by atoms with Crippen molar-refractivity contribution in [2.24, 2.45) is 5.73 Å². The number of rotatable bonds is 7. The van der Waals surface area contributed by atoms with Crippen LogP contribution in [0.1, 0.15) is 25.3 Å². The highest BCUT2D eigenvalue weighted by atomic mass is 79.9. The third kappa shape index (κ3) is 5.37. The second-order valence-corrected chi connectivity index (χ2v) is 6.14. The molecular weight excluding hydrogens is 282 g/mol. The molecule has 3 heteroatoms. The van der Waals surface area contributed by atoms with Gasteiger partial charge in [0.2, 0.25) is 0 Å². The summed E-state index contributed by atoms with van der Waals surface area (Å²) in [6, 6.07) is 8.62. The third-order valence-corrected chi connectivity index (χ3v) is 4.27. The minimum absolute atomic E-state index is 0.288. The molecule has 0 aliphatic carbocycles. The summed E-state index contributed by atoms with van der Waals surface area (Å²) in [5.74, 6) is 2.44. The third-order valence-electron chi connectivity index (χ3n) is 2.51. The van der Waals surface area contributed by atoms with Gasteiger partial charge in [0.05, 0.1) is 0 Å². The summed E-state index contributed by atoms with van der Waals surface area (Å²) >= 11 is 5.55. The minimum atomic E-state index is 0.288. The molecule has 1 aromatic rings. The van der Waals surface area contributed by atoms with E-state index < -0.39 is 0 Å². The Balaban J connectivity index is 2.28. The lowest BCUT2D eigenvalue weighted by molar-refractivity contribution is 0.602. The van der Waals surface area contributed by atoms with E-state index in [9.17, 15) is 0 Å². The van der Waals surface area contributed by atoms with Gasteiger partial charge in [-0.1, -0.05) is 41.1 Å². The van der Waals surface area contributed by atoms with Crippen molar-refractivity contribution in [1.29, 1.82) is 0 Å². The molecule has 1 nitrogen and oxygen atoms in total. The fourth-order valence-corrected chi connectivity index (χ4v) is 2.75. The first kappa shape index (κ1) is 14.1. The topological polar surface area (TPSA) is 26.0 Å². The van der Waals surface area contributed by atoms with Crippen LogP contribution in [0.3, 0.4) is 0 Å². The Bertz CT molecular complexity index is 304. The van der Waals surface area contributed by atoms with E-state index in [-0.39, 0.29) is 6.04 Å². The molecule has 0 spiro atoms. The van der Waals surface area contributed by atoms with Crippen molar-refractivity contribution < 1.29 is 0 Å². The fraction of sp³-hybridized carbons (Fsp3) is 0.538. The van der Waals surface area contributed by atoms with Crippen LogP contribution in [0.5, 0.6) is 0 Å². The highest BCUT2D eigenvalue weighted by Gasteiger charge is 2.06. The summed E-state index contributed by atoms with van der Waals surface area (Å²) in [6.45, 7) is 2.20. The van der Waals surface area contributed by atoms with E-state index in [1.165, 1.54) is 28.0 Å². The predicted octanol–water partition coefficient (Wildman–Crippen LogP) is 3.85. The van der Waals surface area contributed by atoms with E-state index in [0.29, 0.717) is 0 Å². The van der Waals surface area contributed by atoms with Crippen molar-refractivity contribution in [3.63, 3.8) is 0 Å². The first-order valence-corrected chi connectivity index (χ1v) is 7.75. The van der Waals surface area contributed by atoms with Gasteiger partial charge in [-0.05, 0) is 42.4 Å². The Morgan fingerprint density at radius 2 is 2.12 bits per heavy atom. The van der Waals surface area contributed by atoms with Gasteiger partial charge >= 0.3 is 0 Å². The Kier molecular flexibility index (Phi) is 7.17. The molecule has 0 fully saturated rings. The van der Waals surface area contributed by atoms with Crippen molar-refractivity contribution in [1.82, 2.24) is 0 Å². The number of thioether (sulfide) groups is 1. The first-order valence-electron chi connectivity index (χ1n) is 5.80. The van der Waals surface area contributed by atoms with E-state index in [1.807, 2.05) is 17.8 Å².